The SMILES string of the molecule is CC1Oc2ccc(NC(=O)c3cccc([N+](=O)[O-])c3)cc2NC1=O. The van der Waals surface area contributed by atoms with E-state index in [2.05, 4.69) is 10.6 Å². The molecule has 0 bridgehead atoms. The number of rotatable bonds is 3. The van der Waals surface area contributed by atoms with Crippen LogP contribution in [0.15, 0.2) is 42.5 Å². The van der Waals surface area contributed by atoms with Crippen LogP contribution in [0, 0.1) is 10.1 Å². The number of hydrogen-bond donors (Lipinski definition) is 2. The topological polar surface area (TPSA) is 111 Å². The first-order chi connectivity index (χ1) is 11.4. The van der Waals surface area contributed by atoms with E-state index in [1.807, 2.05) is 0 Å². The quantitative estimate of drug-likeness (QED) is 0.665. The second-order valence-corrected chi connectivity index (χ2v) is 5.22. The van der Waals surface area contributed by atoms with Crippen LogP contribution < -0.4 is 15.4 Å². The third-order valence-electron chi connectivity index (χ3n) is 3.49. The minimum absolute atomic E-state index is 0.163. The molecule has 0 saturated carbocycles. The number of nitro benzene ring substituents is 1. The maximum absolute atomic E-state index is 12.2. The van der Waals surface area contributed by atoms with Crippen molar-refractivity contribution in [3.05, 3.63) is 58.1 Å². The minimum atomic E-state index is -0.581. The van der Waals surface area contributed by atoms with Gasteiger partial charge in [-0.25, -0.2) is 0 Å². The molecule has 1 aliphatic rings. The Bertz CT molecular complexity index is 849. The Labute approximate surface area is 136 Å². The number of nitrogens with one attached hydrogen (secondary N) is 2. The molecule has 0 radical (unpaired) electrons. The Balaban J connectivity index is 1.80. The largest absolute Gasteiger partial charge is 0.479 e. The Kier molecular flexibility index (Phi) is 3.87. The lowest BCUT2D eigenvalue weighted by molar-refractivity contribution is -0.384. The van der Waals surface area contributed by atoms with Crippen LogP contribution in [0.25, 0.3) is 0 Å². The fraction of sp³-hybridized carbons (Fsp3) is 0.125. The number of carbonyl (C=O) groups is 2. The van der Waals surface area contributed by atoms with Crippen LogP contribution in [-0.2, 0) is 4.79 Å². The van der Waals surface area contributed by atoms with E-state index in [0.717, 1.165) is 0 Å². The van der Waals surface area contributed by atoms with E-state index in [1.165, 1.54) is 24.3 Å². The van der Waals surface area contributed by atoms with Gasteiger partial charge in [-0.1, -0.05) is 6.07 Å². The third kappa shape index (κ3) is 3.02. The molecule has 8 nitrogen and oxygen atoms in total. The highest BCUT2D eigenvalue weighted by atomic mass is 16.6. The van der Waals surface area contributed by atoms with Gasteiger partial charge < -0.3 is 15.4 Å². The van der Waals surface area contributed by atoms with Gasteiger partial charge in [-0.3, -0.25) is 19.7 Å². The van der Waals surface area contributed by atoms with Crippen molar-refractivity contribution in [2.45, 2.75) is 13.0 Å². The molecule has 0 fully saturated rings. The van der Waals surface area contributed by atoms with E-state index in [9.17, 15) is 19.7 Å². The first kappa shape index (κ1) is 15.5. The lowest BCUT2D eigenvalue weighted by atomic mass is 10.1. The molecule has 2 aromatic rings. The van der Waals surface area contributed by atoms with Crippen molar-refractivity contribution in [2.75, 3.05) is 10.6 Å². The van der Waals surface area contributed by atoms with Gasteiger partial charge in [0.1, 0.15) is 5.75 Å². The summed E-state index contributed by atoms with van der Waals surface area (Å²) >= 11 is 0. The predicted molar refractivity (Wildman–Crippen MR) is 86.2 cm³/mol. The van der Waals surface area contributed by atoms with Crippen molar-refractivity contribution in [3.63, 3.8) is 0 Å². The van der Waals surface area contributed by atoms with Crippen molar-refractivity contribution in [1.82, 2.24) is 0 Å². The highest BCUT2D eigenvalue weighted by Gasteiger charge is 2.23. The summed E-state index contributed by atoms with van der Waals surface area (Å²) in [5.41, 5.74) is 0.886. The standard InChI is InChI=1S/C16H13N3O5/c1-9-15(20)18-13-8-11(5-6-14(13)24-9)17-16(21)10-3-2-4-12(7-10)19(22)23/h2-9H,1H3,(H,17,21)(H,18,20). The highest BCUT2D eigenvalue weighted by Crippen LogP contribution is 2.32. The smallest absolute Gasteiger partial charge is 0.270 e. The lowest BCUT2D eigenvalue weighted by Gasteiger charge is -2.23. The van der Waals surface area contributed by atoms with E-state index in [-0.39, 0.29) is 17.2 Å². The maximum Gasteiger partial charge on any atom is 0.270 e. The van der Waals surface area contributed by atoms with Crippen molar-refractivity contribution in [2.24, 2.45) is 0 Å². The zero-order chi connectivity index (χ0) is 17.3. The van der Waals surface area contributed by atoms with E-state index in [1.54, 1.807) is 25.1 Å². The van der Waals surface area contributed by atoms with Gasteiger partial charge in [0.2, 0.25) is 0 Å². The summed E-state index contributed by atoms with van der Waals surface area (Å²) in [6.07, 6.45) is -0.581. The molecule has 122 valence electrons. The van der Waals surface area contributed by atoms with Gasteiger partial charge >= 0.3 is 0 Å². The lowest BCUT2D eigenvalue weighted by Crippen LogP contribution is -2.34. The molecule has 1 unspecified atom stereocenters. The Morgan fingerprint density at radius 3 is 2.83 bits per heavy atom. The number of fused-ring (bicyclic) bond motifs is 1. The van der Waals surface area contributed by atoms with E-state index < -0.39 is 16.9 Å². The number of non-ortho nitro benzene ring substituents is 1. The van der Waals surface area contributed by atoms with Crippen LogP contribution in [0.2, 0.25) is 0 Å². The van der Waals surface area contributed by atoms with Crippen molar-refractivity contribution < 1.29 is 19.2 Å². The van der Waals surface area contributed by atoms with Crippen LogP contribution in [0.4, 0.5) is 17.1 Å². The predicted octanol–water partition coefficient (Wildman–Crippen LogP) is 2.57. The average molecular weight is 327 g/mol. The van der Waals surface area contributed by atoms with Gasteiger partial charge in [0, 0.05) is 23.4 Å². The Hall–Kier alpha value is -3.42. The van der Waals surface area contributed by atoms with Crippen molar-refractivity contribution in [3.8, 4) is 5.75 Å². The van der Waals surface area contributed by atoms with Gasteiger partial charge in [-0.15, -0.1) is 0 Å². The van der Waals surface area contributed by atoms with Crippen molar-refractivity contribution >= 4 is 28.9 Å². The molecule has 2 aromatic carbocycles. The summed E-state index contributed by atoms with van der Waals surface area (Å²) in [6.45, 7) is 1.64. The molecule has 24 heavy (non-hydrogen) atoms. The normalized spacial score (nSPS) is 15.7. The molecular weight excluding hydrogens is 314 g/mol. The third-order valence-corrected chi connectivity index (χ3v) is 3.49. The monoisotopic (exact) mass is 327 g/mol. The molecule has 0 spiro atoms. The van der Waals surface area contributed by atoms with Crippen LogP contribution in [0.1, 0.15) is 17.3 Å². The number of nitrogens with zero attached hydrogens (tertiary/aromatic N) is 1. The molecule has 3 rings (SSSR count). The summed E-state index contributed by atoms with van der Waals surface area (Å²) in [5.74, 6) is -0.254. The van der Waals surface area contributed by atoms with E-state index in [0.29, 0.717) is 17.1 Å². The number of amides is 2. The zero-order valence-electron chi connectivity index (χ0n) is 12.6. The van der Waals surface area contributed by atoms with E-state index >= 15 is 0 Å². The second-order valence-electron chi connectivity index (χ2n) is 5.22. The van der Waals surface area contributed by atoms with Crippen LogP contribution in [-0.4, -0.2) is 22.8 Å². The van der Waals surface area contributed by atoms with Gasteiger partial charge in [0.25, 0.3) is 17.5 Å². The molecule has 0 aliphatic carbocycles. The van der Waals surface area contributed by atoms with E-state index in [4.69, 9.17) is 4.74 Å². The Morgan fingerprint density at radius 1 is 1.29 bits per heavy atom. The fourth-order valence-corrected chi connectivity index (χ4v) is 2.25. The number of carbonyl (C=O) groups excluding carboxylic acids is 2. The summed E-state index contributed by atoms with van der Waals surface area (Å²) < 4.78 is 5.43. The first-order valence-electron chi connectivity index (χ1n) is 7.11. The first-order valence-corrected chi connectivity index (χ1v) is 7.11. The maximum atomic E-state index is 12.2. The van der Waals surface area contributed by atoms with Crippen molar-refractivity contribution in [1.29, 1.82) is 0 Å². The van der Waals surface area contributed by atoms with Crippen LogP contribution >= 0.6 is 0 Å². The molecule has 2 N–H and O–H groups in total. The fourth-order valence-electron chi connectivity index (χ4n) is 2.25. The van der Waals surface area contributed by atoms with Crippen LogP contribution in [0.3, 0.4) is 0 Å². The summed E-state index contributed by atoms with van der Waals surface area (Å²) in [5, 5.41) is 16.1. The summed E-state index contributed by atoms with van der Waals surface area (Å²) in [4.78, 5) is 34.1. The summed E-state index contributed by atoms with van der Waals surface area (Å²) in [7, 11) is 0. The van der Waals surface area contributed by atoms with Gasteiger partial charge in [0.15, 0.2) is 6.10 Å². The molecular formula is C16H13N3O5. The highest BCUT2D eigenvalue weighted by molar-refractivity contribution is 6.05. The molecule has 1 aliphatic heterocycles. The molecule has 1 heterocycles. The zero-order valence-corrected chi connectivity index (χ0v) is 12.6. The van der Waals surface area contributed by atoms with Gasteiger partial charge in [0.05, 0.1) is 10.6 Å². The second kappa shape index (κ2) is 5.99. The Morgan fingerprint density at radius 2 is 2.08 bits per heavy atom. The number of benzene rings is 2. The minimum Gasteiger partial charge on any atom is -0.479 e. The van der Waals surface area contributed by atoms with Gasteiger partial charge in [-0.05, 0) is 31.2 Å². The number of anilines is 2. The van der Waals surface area contributed by atoms with Gasteiger partial charge in [-0.2, -0.15) is 0 Å². The molecule has 0 aromatic heterocycles. The molecule has 8 heteroatoms. The number of nitro groups is 1. The molecule has 1 atom stereocenters. The number of hydrogen-bond acceptors (Lipinski definition) is 5. The number of ether oxygens (including phenoxy) is 1. The molecule has 0 saturated heterocycles. The molecule has 2 amide bonds. The average Bonchev–Trinajstić information content (AvgIpc) is 2.56. The summed E-state index contributed by atoms with van der Waals surface area (Å²) in [6, 6.07) is 10.2. The van der Waals surface area contributed by atoms with Crippen LogP contribution in [0.5, 0.6) is 5.75 Å².